The molecule has 1 amide bonds. The first-order valence-corrected chi connectivity index (χ1v) is 13.4. The smallest absolute Gasteiger partial charge is 0.245 e. The van der Waals surface area contributed by atoms with Gasteiger partial charge >= 0.3 is 0 Å². The van der Waals surface area contributed by atoms with Crippen molar-refractivity contribution in [3.63, 3.8) is 0 Å². The number of amides is 1. The summed E-state index contributed by atoms with van der Waals surface area (Å²) in [5.74, 6) is -1.39. The summed E-state index contributed by atoms with van der Waals surface area (Å²) >= 11 is 5.81. The summed E-state index contributed by atoms with van der Waals surface area (Å²) in [4.78, 5) is 25.0. The van der Waals surface area contributed by atoms with E-state index in [1.807, 2.05) is 4.90 Å². The van der Waals surface area contributed by atoms with Crippen molar-refractivity contribution < 1.29 is 22.0 Å². The van der Waals surface area contributed by atoms with Crippen LogP contribution in [0.1, 0.15) is 32.1 Å². The number of benzene rings is 1. The minimum Gasteiger partial charge on any atom is -0.371 e. The predicted molar refractivity (Wildman–Crippen MR) is 132 cm³/mol. The van der Waals surface area contributed by atoms with Crippen LogP contribution >= 0.6 is 24.0 Å². The molecule has 1 atom stereocenters. The molecule has 2 fully saturated rings. The van der Waals surface area contributed by atoms with Crippen LogP contribution in [0.15, 0.2) is 29.4 Å². The molecule has 0 aliphatic carbocycles. The van der Waals surface area contributed by atoms with Crippen molar-refractivity contribution in [3.05, 3.63) is 41.3 Å². The summed E-state index contributed by atoms with van der Waals surface area (Å²) in [6, 6.07) is 0.766. The summed E-state index contributed by atoms with van der Waals surface area (Å²) in [6.45, 7) is 2.01. The molecule has 2 aliphatic rings. The van der Waals surface area contributed by atoms with Crippen LogP contribution in [-0.4, -0.2) is 67.2 Å². The number of likely N-dealkylation sites (tertiary alicyclic amines) is 1. The molecule has 2 aliphatic heterocycles. The molecular formula is C22H27Cl2F2N5O3S. The van der Waals surface area contributed by atoms with Crippen LogP contribution < -0.4 is 10.2 Å². The quantitative estimate of drug-likeness (QED) is 0.607. The minimum absolute atomic E-state index is 0. The number of carbonyl (C=O) groups is 1. The highest BCUT2D eigenvalue weighted by Crippen LogP contribution is 2.28. The first-order chi connectivity index (χ1) is 16.1. The zero-order valence-corrected chi connectivity index (χ0v) is 21.5. The van der Waals surface area contributed by atoms with Crippen LogP contribution in [0, 0.1) is 11.6 Å². The Hall–Kier alpha value is -2.24. The van der Waals surface area contributed by atoms with E-state index in [0.29, 0.717) is 37.3 Å². The topological polar surface area (TPSA) is 95.5 Å². The summed E-state index contributed by atoms with van der Waals surface area (Å²) in [7, 11) is -3.91. The van der Waals surface area contributed by atoms with Gasteiger partial charge in [-0.3, -0.25) is 4.79 Å². The van der Waals surface area contributed by atoms with Crippen LogP contribution in [0.2, 0.25) is 5.15 Å². The van der Waals surface area contributed by atoms with Crippen molar-refractivity contribution >= 4 is 51.3 Å². The second kappa shape index (κ2) is 11.2. The minimum atomic E-state index is -3.91. The van der Waals surface area contributed by atoms with Gasteiger partial charge in [0.2, 0.25) is 5.91 Å². The van der Waals surface area contributed by atoms with Crippen molar-refractivity contribution in [3.8, 4) is 0 Å². The Balaban J connectivity index is 0.00000342. The molecular weight excluding hydrogens is 523 g/mol. The lowest BCUT2D eigenvalue weighted by Crippen LogP contribution is -2.51. The Morgan fingerprint density at radius 1 is 1.03 bits per heavy atom. The molecule has 8 nitrogen and oxygen atoms in total. The average molecular weight is 550 g/mol. The van der Waals surface area contributed by atoms with Crippen molar-refractivity contribution in [1.82, 2.24) is 14.9 Å². The Bertz CT molecular complexity index is 1160. The summed E-state index contributed by atoms with van der Waals surface area (Å²) in [5, 5.41) is 3.15. The molecule has 1 aromatic heterocycles. The normalized spacial score (nSPS) is 19.8. The van der Waals surface area contributed by atoms with Crippen LogP contribution in [0.25, 0.3) is 0 Å². The van der Waals surface area contributed by atoms with Crippen molar-refractivity contribution in [1.29, 1.82) is 0 Å². The number of nitrogens with zero attached hydrogens (tertiary/aromatic N) is 4. The van der Waals surface area contributed by atoms with E-state index in [1.54, 1.807) is 6.20 Å². The molecule has 1 aromatic carbocycles. The van der Waals surface area contributed by atoms with Crippen LogP contribution in [0.5, 0.6) is 0 Å². The zero-order chi connectivity index (χ0) is 24.5. The number of rotatable bonds is 5. The number of hydrogen-bond acceptors (Lipinski definition) is 7. The molecule has 35 heavy (non-hydrogen) atoms. The molecule has 3 heterocycles. The van der Waals surface area contributed by atoms with Crippen LogP contribution in [-0.2, 0) is 14.6 Å². The summed E-state index contributed by atoms with van der Waals surface area (Å²) in [5.41, 5.74) is -0.221. The van der Waals surface area contributed by atoms with Crippen molar-refractivity contribution in [2.75, 3.05) is 36.1 Å². The van der Waals surface area contributed by atoms with Gasteiger partial charge < -0.3 is 15.1 Å². The number of hydrogen-bond donors (Lipinski definition) is 1. The zero-order valence-electron chi connectivity index (χ0n) is 19.1. The fraction of sp³-hybridized carbons (Fsp3) is 0.500. The molecule has 0 saturated carbocycles. The number of piperidine rings is 1. The average Bonchev–Trinajstić information content (AvgIpc) is 2.97. The number of sulfone groups is 1. The van der Waals surface area contributed by atoms with Crippen molar-refractivity contribution in [2.45, 2.75) is 49.1 Å². The summed E-state index contributed by atoms with van der Waals surface area (Å²) in [6.07, 6.45) is 7.48. The molecule has 0 spiro atoms. The standard InChI is InChI=1S/C22H26ClF2N5O3S.ClH/c1-34(32,33)19-11-15(24)18(10-16(19)25)28-17-4-2-3-7-30(22(17)31)14-5-8-29(9-6-14)21-13-26-20(23)12-27-21;/h10-14,17,28H,2-9H2,1H3;1H/t17-;/m0./s1. The predicted octanol–water partition coefficient (Wildman–Crippen LogP) is 3.70. The molecule has 0 radical (unpaired) electrons. The van der Waals surface area contributed by atoms with E-state index in [0.717, 1.165) is 43.8 Å². The molecule has 1 N–H and O–H groups in total. The number of halogens is 4. The molecule has 4 rings (SSSR count). The lowest BCUT2D eigenvalue weighted by molar-refractivity contribution is -0.134. The maximum atomic E-state index is 14.6. The Labute approximate surface area is 214 Å². The molecule has 0 bridgehead atoms. The molecule has 2 aromatic rings. The monoisotopic (exact) mass is 549 g/mol. The first-order valence-electron chi connectivity index (χ1n) is 11.1. The van der Waals surface area contributed by atoms with Gasteiger partial charge in [0.05, 0.1) is 18.1 Å². The second-order valence-corrected chi connectivity index (χ2v) is 11.0. The Morgan fingerprint density at radius 3 is 2.37 bits per heavy atom. The highest BCUT2D eigenvalue weighted by Gasteiger charge is 2.34. The van der Waals surface area contributed by atoms with E-state index >= 15 is 0 Å². The van der Waals surface area contributed by atoms with Gasteiger partial charge in [0.15, 0.2) is 9.84 Å². The SMILES string of the molecule is CS(=O)(=O)c1cc(F)c(N[C@H]2CCCCN(C3CCN(c4cnc(Cl)cn4)CC3)C2=O)cc1F.Cl. The summed E-state index contributed by atoms with van der Waals surface area (Å²) < 4.78 is 52.2. The fourth-order valence-electron chi connectivity index (χ4n) is 4.55. The molecule has 13 heteroatoms. The van der Waals surface area contributed by atoms with Gasteiger partial charge in [-0.15, -0.1) is 12.4 Å². The lowest BCUT2D eigenvalue weighted by Gasteiger charge is -2.39. The number of nitrogens with one attached hydrogen (secondary N) is 1. The van der Waals surface area contributed by atoms with Gasteiger partial charge in [-0.05, 0) is 38.2 Å². The van der Waals surface area contributed by atoms with E-state index in [4.69, 9.17) is 11.6 Å². The Morgan fingerprint density at radius 2 is 1.74 bits per heavy atom. The van der Waals surface area contributed by atoms with Crippen molar-refractivity contribution in [2.24, 2.45) is 0 Å². The van der Waals surface area contributed by atoms with E-state index in [9.17, 15) is 22.0 Å². The fourth-order valence-corrected chi connectivity index (χ4v) is 5.38. The van der Waals surface area contributed by atoms with E-state index in [1.165, 1.54) is 6.20 Å². The molecule has 192 valence electrons. The highest BCUT2D eigenvalue weighted by atomic mass is 35.5. The molecule has 2 saturated heterocycles. The number of aromatic nitrogens is 2. The maximum absolute atomic E-state index is 14.6. The maximum Gasteiger partial charge on any atom is 0.245 e. The van der Waals surface area contributed by atoms with E-state index < -0.39 is 32.4 Å². The molecule has 0 unspecified atom stereocenters. The van der Waals surface area contributed by atoms with Gasteiger partial charge in [-0.2, -0.15) is 0 Å². The van der Waals surface area contributed by atoms with Gasteiger partial charge in [0.25, 0.3) is 0 Å². The second-order valence-electron chi connectivity index (χ2n) is 8.67. The van der Waals surface area contributed by atoms with Gasteiger partial charge in [-0.25, -0.2) is 27.2 Å². The van der Waals surface area contributed by atoms with Crippen LogP contribution in [0.3, 0.4) is 0 Å². The van der Waals surface area contributed by atoms with Crippen LogP contribution in [0.4, 0.5) is 20.3 Å². The number of anilines is 2. The largest absolute Gasteiger partial charge is 0.371 e. The lowest BCUT2D eigenvalue weighted by atomic mass is 10.0. The van der Waals surface area contributed by atoms with E-state index in [2.05, 4.69) is 20.2 Å². The third-order valence-corrected chi connectivity index (χ3v) is 7.62. The third-order valence-electron chi connectivity index (χ3n) is 6.31. The van der Waals surface area contributed by atoms with Gasteiger partial charge in [-0.1, -0.05) is 11.6 Å². The Kier molecular flexibility index (Phi) is 8.76. The van der Waals surface area contributed by atoms with E-state index in [-0.39, 0.29) is 30.0 Å². The van der Waals surface area contributed by atoms with Gasteiger partial charge in [0, 0.05) is 38.0 Å². The third kappa shape index (κ3) is 6.31. The highest BCUT2D eigenvalue weighted by molar-refractivity contribution is 7.90. The number of carbonyl (C=O) groups excluding carboxylic acids is 1. The first kappa shape index (κ1) is 27.3. The van der Waals surface area contributed by atoms with Gasteiger partial charge in [0.1, 0.15) is 33.5 Å².